The first-order chi connectivity index (χ1) is 9.56. The molecule has 0 amide bonds. The van der Waals surface area contributed by atoms with Crippen molar-refractivity contribution >= 4 is 22.6 Å². The summed E-state index contributed by atoms with van der Waals surface area (Å²) in [7, 11) is 0. The first-order valence-corrected chi connectivity index (χ1v) is 8.13. The number of nitrogens with one attached hydrogen (secondary N) is 1. The quantitative estimate of drug-likeness (QED) is 0.731. The Kier molecular flexibility index (Phi) is 5.34. The van der Waals surface area contributed by atoms with Crippen LogP contribution in [0.25, 0.3) is 0 Å². The molecule has 2 N–H and O–H groups in total. The Morgan fingerprint density at radius 2 is 2.20 bits per heavy atom. The van der Waals surface area contributed by atoms with E-state index in [1.807, 2.05) is 0 Å². The van der Waals surface area contributed by atoms with Crippen molar-refractivity contribution in [3.8, 4) is 0 Å². The average Bonchev–Trinajstić information content (AvgIpc) is 3.13. The summed E-state index contributed by atoms with van der Waals surface area (Å²) in [5.74, 6) is 1.83. The molecular weight excluding hydrogens is 274 g/mol. The van der Waals surface area contributed by atoms with E-state index in [4.69, 9.17) is 5.11 Å². The minimum absolute atomic E-state index is 0.257. The van der Waals surface area contributed by atoms with Gasteiger partial charge in [0.15, 0.2) is 0 Å². The van der Waals surface area contributed by atoms with Crippen LogP contribution in [0, 0.1) is 11.8 Å². The standard InChI is InChI=1S/C14H23N3O2S/c1-9(2)10(5-6-12(18)19)7-8-15-14-16-13(17-20-14)11-3-4-11/h9-11H,3-8H2,1-2H3,(H,18,19)(H,15,16,17). The highest BCUT2D eigenvalue weighted by atomic mass is 32.1. The van der Waals surface area contributed by atoms with Gasteiger partial charge in [-0.15, -0.1) is 0 Å². The maximum Gasteiger partial charge on any atom is 0.303 e. The number of aliphatic carboxylic acids is 1. The smallest absolute Gasteiger partial charge is 0.303 e. The van der Waals surface area contributed by atoms with Crippen LogP contribution in [0.1, 0.15) is 57.7 Å². The van der Waals surface area contributed by atoms with Crippen LogP contribution in [0.5, 0.6) is 0 Å². The predicted molar refractivity (Wildman–Crippen MR) is 80.2 cm³/mol. The molecule has 1 saturated carbocycles. The molecule has 112 valence electrons. The first kappa shape index (κ1) is 15.2. The van der Waals surface area contributed by atoms with E-state index in [1.165, 1.54) is 24.4 Å². The van der Waals surface area contributed by atoms with Crippen molar-refractivity contribution in [1.29, 1.82) is 0 Å². The summed E-state index contributed by atoms with van der Waals surface area (Å²) in [5, 5.41) is 13.0. The largest absolute Gasteiger partial charge is 0.481 e. The summed E-state index contributed by atoms with van der Waals surface area (Å²) in [6.07, 6.45) is 4.43. The van der Waals surface area contributed by atoms with Gasteiger partial charge in [0, 0.05) is 30.4 Å². The minimum Gasteiger partial charge on any atom is -0.481 e. The molecular formula is C14H23N3O2S. The van der Waals surface area contributed by atoms with E-state index in [0.717, 1.165) is 30.3 Å². The molecule has 0 radical (unpaired) electrons. The van der Waals surface area contributed by atoms with Gasteiger partial charge in [0.05, 0.1) is 0 Å². The summed E-state index contributed by atoms with van der Waals surface area (Å²) in [6, 6.07) is 0. The van der Waals surface area contributed by atoms with E-state index in [0.29, 0.717) is 17.8 Å². The lowest BCUT2D eigenvalue weighted by molar-refractivity contribution is -0.137. The van der Waals surface area contributed by atoms with Crippen LogP contribution in [-0.2, 0) is 4.79 Å². The highest BCUT2D eigenvalue weighted by Gasteiger charge is 2.27. The lowest BCUT2D eigenvalue weighted by Gasteiger charge is -2.19. The van der Waals surface area contributed by atoms with Gasteiger partial charge in [-0.1, -0.05) is 13.8 Å². The summed E-state index contributed by atoms with van der Waals surface area (Å²) in [5.41, 5.74) is 0. The molecule has 1 atom stereocenters. The van der Waals surface area contributed by atoms with Crippen molar-refractivity contribution in [3.05, 3.63) is 5.82 Å². The zero-order valence-corrected chi connectivity index (χ0v) is 12.9. The molecule has 5 nitrogen and oxygen atoms in total. The lowest BCUT2D eigenvalue weighted by Crippen LogP contribution is -2.15. The zero-order chi connectivity index (χ0) is 14.5. The maximum atomic E-state index is 10.7. The van der Waals surface area contributed by atoms with Crippen molar-refractivity contribution < 1.29 is 9.90 Å². The molecule has 1 unspecified atom stereocenters. The molecule has 0 aliphatic heterocycles. The third kappa shape index (κ3) is 4.74. The number of hydrogen-bond acceptors (Lipinski definition) is 5. The molecule has 1 heterocycles. The van der Waals surface area contributed by atoms with Gasteiger partial charge in [0.25, 0.3) is 0 Å². The molecule has 0 saturated heterocycles. The van der Waals surface area contributed by atoms with Gasteiger partial charge >= 0.3 is 5.97 Å². The highest BCUT2D eigenvalue weighted by Crippen LogP contribution is 2.39. The molecule has 1 aromatic rings. The molecule has 6 heteroatoms. The second-order valence-corrected chi connectivity index (χ2v) is 6.64. The van der Waals surface area contributed by atoms with Crippen LogP contribution < -0.4 is 5.32 Å². The fourth-order valence-corrected chi connectivity index (χ4v) is 2.97. The van der Waals surface area contributed by atoms with Crippen LogP contribution in [0.3, 0.4) is 0 Å². The van der Waals surface area contributed by atoms with E-state index < -0.39 is 5.97 Å². The second-order valence-electron chi connectivity index (χ2n) is 5.88. The van der Waals surface area contributed by atoms with Gasteiger partial charge < -0.3 is 10.4 Å². The van der Waals surface area contributed by atoms with Crippen LogP contribution in [0.4, 0.5) is 5.13 Å². The van der Waals surface area contributed by atoms with Crippen molar-refractivity contribution in [2.45, 2.75) is 51.9 Å². The summed E-state index contributed by atoms with van der Waals surface area (Å²) in [6.45, 7) is 5.15. The topological polar surface area (TPSA) is 75.1 Å². The number of aromatic nitrogens is 2. The van der Waals surface area contributed by atoms with Gasteiger partial charge in [-0.25, -0.2) is 4.98 Å². The Hall–Kier alpha value is -1.17. The van der Waals surface area contributed by atoms with Gasteiger partial charge in [0.2, 0.25) is 5.13 Å². The number of hydrogen-bond donors (Lipinski definition) is 2. The van der Waals surface area contributed by atoms with E-state index in [2.05, 4.69) is 28.5 Å². The molecule has 1 fully saturated rings. The molecule has 20 heavy (non-hydrogen) atoms. The van der Waals surface area contributed by atoms with Crippen LogP contribution >= 0.6 is 11.5 Å². The van der Waals surface area contributed by atoms with Gasteiger partial charge in [-0.3, -0.25) is 4.79 Å². The monoisotopic (exact) mass is 297 g/mol. The molecule has 1 aliphatic carbocycles. The number of carboxylic acids is 1. The van der Waals surface area contributed by atoms with Gasteiger partial charge in [-0.2, -0.15) is 4.37 Å². The third-order valence-corrected chi connectivity index (χ3v) is 4.53. The van der Waals surface area contributed by atoms with Gasteiger partial charge in [-0.05, 0) is 37.5 Å². The van der Waals surface area contributed by atoms with Crippen molar-refractivity contribution in [1.82, 2.24) is 9.36 Å². The Morgan fingerprint density at radius 3 is 2.80 bits per heavy atom. The van der Waals surface area contributed by atoms with Crippen molar-refractivity contribution in [2.75, 3.05) is 11.9 Å². The fraction of sp³-hybridized carbons (Fsp3) is 0.786. The number of carboxylic acid groups (broad SMARTS) is 1. The number of anilines is 1. The fourth-order valence-electron chi connectivity index (χ4n) is 2.30. The third-order valence-electron chi connectivity index (χ3n) is 3.85. The summed E-state index contributed by atoms with van der Waals surface area (Å²) >= 11 is 1.43. The Bertz CT molecular complexity index is 443. The highest BCUT2D eigenvalue weighted by molar-refractivity contribution is 7.09. The number of rotatable bonds is 9. The van der Waals surface area contributed by atoms with Crippen molar-refractivity contribution in [3.63, 3.8) is 0 Å². The molecule has 0 aromatic carbocycles. The number of nitrogens with zero attached hydrogens (tertiary/aromatic N) is 2. The van der Waals surface area contributed by atoms with E-state index in [1.54, 1.807) is 0 Å². The first-order valence-electron chi connectivity index (χ1n) is 7.35. The van der Waals surface area contributed by atoms with E-state index in [-0.39, 0.29) is 6.42 Å². The van der Waals surface area contributed by atoms with Crippen LogP contribution in [-0.4, -0.2) is 27.0 Å². The molecule has 0 bridgehead atoms. The Labute approximate surface area is 124 Å². The van der Waals surface area contributed by atoms with Gasteiger partial charge in [0.1, 0.15) is 5.82 Å². The zero-order valence-electron chi connectivity index (χ0n) is 12.1. The maximum absolute atomic E-state index is 10.7. The Morgan fingerprint density at radius 1 is 1.45 bits per heavy atom. The normalized spacial score (nSPS) is 16.4. The molecule has 1 aromatic heterocycles. The number of carbonyl (C=O) groups is 1. The average molecular weight is 297 g/mol. The molecule has 1 aliphatic rings. The minimum atomic E-state index is -0.707. The predicted octanol–water partition coefficient (Wildman–Crippen LogP) is 3.35. The summed E-state index contributed by atoms with van der Waals surface area (Å²) < 4.78 is 4.36. The van der Waals surface area contributed by atoms with Crippen LogP contribution in [0.2, 0.25) is 0 Å². The van der Waals surface area contributed by atoms with Crippen molar-refractivity contribution in [2.24, 2.45) is 11.8 Å². The van der Waals surface area contributed by atoms with E-state index >= 15 is 0 Å². The Balaban J connectivity index is 1.72. The SMILES string of the molecule is CC(C)C(CCNc1nc(C2CC2)ns1)CCC(=O)O. The molecule has 2 rings (SSSR count). The molecule has 0 spiro atoms. The second kappa shape index (κ2) is 7.02. The van der Waals surface area contributed by atoms with Crippen LogP contribution in [0.15, 0.2) is 0 Å². The lowest BCUT2D eigenvalue weighted by atomic mass is 9.88. The summed E-state index contributed by atoms with van der Waals surface area (Å²) in [4.78, 5) is 15.2. The van der Waals surface area contributed by atoms with E-state index in [9.17, 15) is 4.79 Å².